The lowest BCUT2D eigenvalue weighted by molar-refractivity contribution is -0.140. The quantitative estimate of drug-likeness (QED) is 0.895. The highest BCUT2D eigenvalue weighted by Gasteiger charge is 2.45. The van der Waals surface area contributed by atoms with Crippen molar-refractivity contribution in [1.82, 2.24) is 4.31 Å². The Labute approximate surface area is 122 Å². The Morgan fingerprint density at radius 2 is 2.14 bits per heavy atom. The zero-order chi connectivity index (χ0) is 15.8. The first kappa shape index (κ1) is 15.9. The number of sulfonamides is 1. The summed E-state index contributed by atoms with van der Waals surface area (Å²) in [5, 5.41) is 9.18. The summed E-state index contributed by atoms with van der Waals surface area (Å²) >= 11 is 0. The Morgan fingerprint density at radius 1 is 1.48 bits per heavy atom. The third-order valence-electron chi connectivity index (χ3n) is 3.51. The van der Waals surface area contributed by atoms with Crippen LogP contribution in [-0.4, -0.2) is 49.6 Å². The van der Waals surface area contributed by atoms with Gasteiger partial charge in [-0.05, 0) is 24.6 Å². The number of carboxylic acid groups (broad SMARTS) is 1. The zero-order valence-electron chi connectivity index (χ0n) is 11.6. The third kappa shape index (κ3) is 2.92. The van der Waals surface area contributed by atoms with Crippen LogP contribution in [0, 0.1) is 12.7 Å². The van der Waals surface area contributed by atoms with Crippen molar-refractivity contribution in [3.05, 3.63) is 29.6 Å². The van der Waals surface area contributed by atoms with Crippen molar-refractivity contribution in [3.63, 3.8) is 0 Å². The Bertz CT molecular complexity index is 661. The van der Waals surface area contributed by atoms with Crippen LogP contribution in [-0.2, 0) is 19.6 Å². The first-order chi connectivity index (χ1) is 9.77. The van der Waals surface area contributed by atoms with Crippen LogP contribution in [0.2, 0.25) is 0 Å². The molecule has 0 amide bonds. The highest BCUT2D eigenvalue weighted by Crippen LogP contribution is 2.29. The molecule has 0 bridgehead atoms. The van der Waals surface area contributed by atoms with E-state index < -0.39 is 38.9 Å². The van der Waals surface area contributed by atoms with E-state index in [4.69, 9.17) is 4.74 Å². The minimum absolute atomic E-state index is 0.0402. The molecule has 6 nitrogen and oxygen atoms in total. The van der Waals surface area contributed by atoms with Crippen LogP contribution >= 0.6 is 0 Å². The number of rotatable bonds is 4. The molecule has 0 aromatic heterocycles. The van der Waals surface area contributed by atoms with Gasteiger partial charge in [0.2, 0.25) is 10.0 Å². The maximum atomic E-state index is 13.8. The molecule has 0 radical (unpaired) electrons. The van der Waals surface area contributed by atoms with Crippen molar-refractivity contribution in [2.75, 3.05) is 13.7 Å². The van der Waals surface area contributed by atoms with Crippen molar-refractivity contribution in [2.24, 2.45) is 0 Å². The molecule has 1 fully saturated rings. The molecule has 116 valence electrons. The van der Waals surface area contributed by atoms with Gasteiger partial charge in [-0.2, -0.15) is 4.31 Å². The number of hydrogen-bond acceptors (Lipinski definition) is 4. The average molecular weight is 317 g/mol. The summed E-state index contributed by atoms with van der Waals surface area (Å²) in [6, 6.07) is 2.45. The predicted octanol–water partition coefficient (Wildman–Crippen LogP) is 0.997. The summed E-state index contributed by atoms with van der Waals surface area (Å²) in [4.78, 5) is 10.7. The van der Waals surface area contributed by atoms with Gasteiger partial charge in [-0.15, -0.1) is 0 Å². The van der Waals surface area contributed by atoms with Crippen molar-refractivity contribution in [3.8, 4) is 0 Å². The third-order valence-corrected chi connectivity index (χ3v) is 5.40. The van der Waals surface area contributed by atoms with E-state index in [9.17, 15) is 22.7 Å². The van der Waals surface area contributed by atoms with E-state index >= 15 is 0 Å². The molecule has 1 heterocycles. The molecule has 1 aliphatic rings. The number of carbonyl (C=O) groups is 1. The Hall–Kier alpha value is -1.51. The topological polar surface area (TPSA) is 83.9 Å². The van der Waals surface area contributed by atoms with E-state index in [-0.39, 0.29) is 13.0 Å². The monoisotopic (exact) mass is 317 g/mol. The van der Waals surface area contributed by atoms with Crippen molar-refractivity contribution < 1.29 is 27.4 Å². The van der Waals surface area contributed by atoms with Gasteiger partial charge >= 0.3 is 5.97 Å². The molecule has 0 aliphatic carbocycles. The van der Waals surface area contributed by atoms with Crippen LogP contribution in [0.15, 0.2) is 23.1 Å². The van der Waals surface area contributed by atoms with Crippen molar-refractivity contribution in [1.29, 1.82) is 0 Å². The number of benzene rings is 1. The summed E-state index contributed by atoms with van der Waals surface area (Å²) in [6.07, 6.45) is -0.480. The molecule has 8 heteroatoms. The van der Waals surface area contributed by atoms with E-state index in [1.165, 1.54) is 19.2 Å². The van der Waals surface area contributed by atoms with Gasteiger partial charge in [0.05, 0.1) is 6.10 Å². The van der Waals surface area contributed by atoms with Crippen LogP contribution in [0.5, 0.6) is 0 Å². The largest absolute Gasteiger partial charge is 0.480 e. The van der Waals surface area contributed by atoms with Gasteiger partial charge in [0.15, 0.2) is 0 Å². The number of ether oxygens (including phenoxy) is 1. The van der Waals surface area contributed by atoms with Crippen LogP contribution in [0.1, 0.15) is 12.0 Å². The highest BCUT2D eigenvalue weighted by atomic mass is 32.2. The van der Waals surface area contributed by atoms with E-state index in [0.29, 0.717) is 5.56 Å². The highest BCUT2D eigenvalue weighted by molar-refractivity contribution is 7.89. The summed E-state index contributed by atoms with van der Waals surface area (Å²) in [5.41, 5.74) is 0.573. The lowest BCUT2D eigenvalue weighted by Crippen LogP contribution is -2.40. The molecule has 1 aromatic rings. The lowest BCUT2D eigenvalue weighted by Gasteiger charge is -2.21. The summed E-state index contributed by atoms with van der Waals surface area (Å²) in [5.74, 6) is -2.17. The number of aryl methyl sites for hydroxylation is 1. The van der Waals surface area contributed by atoms with Gasteiger partial charge in [-0.25, -0.2) is 12.8 Å². The maximum Gasteiger partial charge on any atom is 0.322 e. The summed E-state index contributed by atoms with van der Waals surface area (Å²) in [7, 11) is -2.85. The molecule has 1 saturated heterocycles. The molecule has 0 saturated carbocycles. The minimum Gasteiger partial charge on any atom is -0.480 e. The minimum atomic E-state index is -4.23. The second-order valence-corrected chi connectivity index (χ2v) is 6.82. The number of carboxylic acids is 1. The standard InChI is InChI=1S/C13H16FNO5S/c1-8-3-4-10(14)12(5-8)21(18,19)15-7-9(20-2)6-11(15)13(16)17/h3-5,9,11H,6-7H2,1-2H3,(H,16,17). The molecule has 2 unspecified atom stereocenters. The van der Waals surface area contributed by atoms with Crippen LogP contribution in [0.25, 0.3) is 0 Å². The lowest BCUT2D eigenvalue weighted by atomic mass is 10.2. The van der Waals surface area contributed by atoms with Crippen LogP contribution < -0.4 is 0 Å². The molecule has 1 aliphatic heterocycles. The molecular weight excluding hydrogens is 301 g/mol. The average Bonchev–Trinajstić information content (AvgIpc) is 2.86. The molecule has 2 atom stereocenters. The van der Waals surface area contributed by atoms with Crippen LogP contribution in [0.3, 0.4) is 0 Å². The molecule has 1 aromatic carbocycles. The van der Waals surface area contributed by atoms with Crippen molar-refractivity contribution in [2.45, 2.75) is 30.4 Å². The molecule has 2 rings (SSSR count). The predicted molar refractivity (Wildman–Crippen MR) is 71.9 cm³/mol. The summed E-state index contributed by atoms with van der Waals surface area (Å²) in [6.45, 7) is 1.53. The Balaban J connectivity index is 2.47. The smallest absolute Gasteiger partial charge is 0.322 e. The van der Waals surface area contributed by atoms with E-state index in [1.807, 2.05) is 0 Å². The normalized spacial score (nSPS) is 23.4. The van der Waals surface area contributed by atoms with Crippen molar-refractivity contribution >= 4 is 16.0 Å². The first-order valence-electron chi connectivity index (χ1n) is 6.31. The number of nitrogens with zero attached hydrogens (tertiary/aromatic N) is 1. The molecular formula is C13H16FNO5S. The fourth-order valence-electron chi connectivity index (χ4n) is 2.36. The second-order valence-electron chi connectivity index (χ2n) is 4.96. The van der Waals surface area contributed by atoms with Gasteiger partial charge in [0.1, 0.15) is 16.8 Å². The van der Waals surface area contributed by atoms with E-state index in [2.05, 4.69) is 0 Å². The number of methoxy groups -OCH3 is 1. The molecule has 1 N–H and O–H groups in total. The van der Waals surface area contributed by atoms with E-state index in [0.717, 1.165) is 10.4 Å². The van der Waals surface area contributed by atoms with Gasteiger partial charge in [0.25, 0.3) is 0 Å². The fraction of sp³-hybridized carbons (Fsp3) is 0.462. The van der Waals surface area contributed by atoms with Gasteiger partial charge in [-0.3, -0.25) is 4.79 Å². The molecule has 21 heavy (non-hydrogen) atoms. The maximum absolute atomic E-state index is 13.8. The number of hydrogen-bond donors (Lipinski definition) is 1. The fourth-order valence-corrected chi connectivity index (χ4v) is 4.14. The number of aliphatic carboxylic acids is 1. The molecule has 0 spiro atoms. The Kier molecular flexibility index (Phi) is 4.31. The van der Waals surface area contributed by atoms with Gasteiger partial charge < -0.3 is 9.84 Å². The zero-order valence-corrected chi connectivity index (χ0v) is 12.4. The SMILES string of the molecule is COC1CC(C(=O)O)N(S(=O)(=O)c2cc(C)ccc2F)C1. The van der Waals surface area contributed by atoms with E-state index in [1.54, 1.807) is 6.92 Å². The van der Waals surface area contributed by atoms with Crippen LogP contribution in [0.4, 0.5) is 4.39 Å². The van der Waals surface area contributed by atoms with Gasteiger partial charge in [-0.1, -0.05) is 6.07 Å². The Morgan fingerprint density at radius 3 is 2.71 bits per heavy atom. The summed E-state index contributed by atoms with van der Waals surface area (Å²) < 4.78 is 44.8. The first-order valence-corrected chi connectivity index (χ1v) is 7.75. The van der Waals surface area contributed by atoms with Gasteiger partial charge in [0, 0.05) is 20.1 Å². The number of halogens is 1. The second kappa shape index (κ2) is 5.70.